The van der Waals surface area contributed by atoms with Crippen LogP contribution in [0.1, 0.15) is 15.9 Å². The summed E-state index contributed by atoms with van der Waals surface area (Å²) < 4.78 is 0. The average Bonchev–Trinajstić information content (AvgIpc) is 2.45. The molecule has 0 fully saturated rings. The van der Waals surface area contributed by atoms with Crippen molar-refractivity contribution in [3.8, 4) is 0 Å². The number of halogens is 1. The van der Waals surface area contributed by atoms with Crippen LogP contribution in [0.25, 0.3) is 0 Å². The van der Waals surface area contributed by atoms with Crippen molar-refractivity contribution in [2.45, 2.75) is 6.54 Å². The molecule has 5 nitrogen and oxygen atoms in total. The molecule has 2 rings (SSSR count). The van der Waals surface area contributed by atoms with Gasteiger partial charge in [0, 0.05) is 23.2 Å². The molecule has 0 heterocycles. The summed E-state index contributed by atoms with van der Waals surface area (Å²) >= 11 is 5.87. The van der Waals surface area contributed by atoms with Gasteiger partial charge >= 0.3 is 0 Å². The lowest BCUT2D eigenvalue weighted by Gasteiger charge is -2.08. The van der Waals surface area contributed by atoms with Crippen molar-refractivity contribution >= 4 is 29.3 Å². The number of nitrogens with zero attached hydrogens (tertiary/aromatic N) is 1. The molecule has 0 aliphatic heterocycles. The SMILES string of the molecule is O=Cc1ccc(NCc2cccc(Cl)c2)c([N+](=O)[O-])c1. The Kier molecular flexibility index (Phi) is 4.32. The number of nitrogens with one attached hydrogen (secondary N) is 1. The number of nitro benzene ring substituents is 1. The molecule has 2 aromatic carbocycles. The Bertz CT molecular complexity index is 659. The number of nitro groups is 1. The van der Waals surface area contributed by atoms with Crippen molar-refractivity contribution in [3.05, 3.63) is 68.7 Å². The highest BCUT2D eigenvalue weighted by atomic mass is 35.5. The number of rotatable bonds is 5. The zero-order valence-electron chi connectivity index (χ0n) is 10.4. The van der Waals surface area contributed by atoms with E-state index in [9.17, 15) is 14.9 Å². The quantitative estimate of drug-likeness (QED) is 0.518. The minimum Gasteiger partial charge on any atom is -0.375 e. The van der Waals surface area contributed by atoms with Gasteiger partial charge in [-0.15, -0.1) is 0 Å². The van der Waals surface area contributed by atoms with Gasteiger partial charge in [-0.25, -0.2) is 0 Å². The monoisotopic (exact) mass is 290 g/mol. The van der Waals surface area contributed by atoms with Crippen molar-refractivity contribution in [1.29, 1.82) is 0 Å². The van der Waals surface area contributed by atoms with Crippen LogP contribution < -0.4 is 5.32 Å². The minimum absolute atomic E-state index is 0.128. The van der Waals surface area contributed by atoms with E-state index in [1.165, 1.54) is 18.2 Å². The molecule has 6 heteroatoms. The Hall–Kier alpha value is -2.40. The Morgan fingerprint density at radius 3 is 2.70 bits per heavy atom. The van der Waals surface area contributed by atoms with Gasteiger partial charge in [0.1, 0.15) is 12.0 Å². The number of anilines is 1. The van der Waals surface area contributed by atoms with Crippen LogP contribution in [0, 0.1) is 10.1 Å². The van der Waals surface area contributed by atoms with Crippen molar-refractivity contribution in [2.75, 3.05) is 5.32 Å². The van der Waals surface area contributed by atoms with Gasteiger partial charge in [0.2, 0.25) is 0 Å². The molecule has 0 bridgehead atoms. The van der Waals surface area contributed by atoms with Crippen LogP contribution in [0.3, 0.4) is 0 Å². The molecular formula is C14H11ClN2O3. The molecule has 0 aromatic heterocycles. The first-order chi connectivity index (χ1) is 9.60. The lowest BCUT2D eigenvalue weighted by Crippen LogP contribution is -2.03. The highest BCUT2D eigenvalue weighted by Crippen LogP contribution is 2.25. The maximum absolute atomic E-state index is 11.0. The fourth-order valence-electron chi connectivity index (χ4n) is 1.77. The summed E-state index contributed by atoms with van der Waals surface area (Å²) in [5.41, 5.74) is 1.41. The predicted molar refractivity (Wildman–Crippen MR) is 77.3 cm³/mol. The molecule has 0 aliphatic carbocycles. The number of hydrogen-bond acceptors (Lipinski definition) is 4. The fourth-order valence-corrected chi connectivity index (χ4v) is 1.98. The van der Waals surface area contributed by atoms with Gasteiger partial charge in [0.25, 0.3) is 5.69 Å². The third-order valence-electron chi connectivity index (χ3n) is 2.73. The number of carbonyl (C=O) groups excluding carboxylic acids is 1. The highest BCUT2D eigenvalue weighted by molar-refractivity contribution is 6.30. The molecule has 102 valence electrons. The summed E-state index contributed by atoms with van der Waals surface area (Å²) in [5, 5.41) is 14.6. The second kappa shape index (κ2) is 6.16. The molecule has 0 saturated carbocycles. The first-order valence-electron chi connectivity index (χ1n) is 5.82. The predicted octanol–water partition coefficient (Wildman–Crippen LogP) is 3.67. The lowest BCUT2D eigenvalue weighted by atomic mass is 10.1. The third-order valence-corrected chi connectivity index (χ3v) is 2.96. The molecule has 0 atom stereocenters. The minimum atomic E-state index is -0.521. The van der Waals surface area contributed by atoms with E-state index < -0.39 is 4.92 Å². The van der Waals surface area contributed by atoms with E-state index in [2.05, 4.69) is 5.32 Å². The summed E-state index contributed by atoms with van der Waals surface area (Å²) in [5.74, 6) is 0. The van der Waals surface area contributed by atoms with Crippen LogP contribution in [0.2, 0.25) is 5.02 Å². The van der Waals surface area contributed by atoms with Crippen molar-refractivity contribution in [3.63, 3.8) is 0 Å². The first kappa shape index (κ1) is 14.0. The molecule has 1 N–H and O–H groups in total. The number of benzene rings is 2. The molecule has 0 unspecified atom stereocenters. The van der Waals surface area contributed by atoms with Gasteiger partial charge in [0.05, 0.1) is 4.92 Å². The topological polar surface area (TPSA) is 72.2 Å². The van der Waals surface area contributed by atoms with Crippen LogP contribution >= 0.6 is 11.6 Å². The maximum Gasteiger partial charge on any atom is 0.293 e. The summed E-state index contributed by atoms with van der Waals surface area (Å²) in [6, 6.07) is 11.5. The van der Waals surface area contributed by atoms with E-state index in [1.807, 2.05) is 12.1 Å². The van der Waals surface area contributed by atoms with E-state index in [1.54, 1.807) is 12.1 Å². The smallest absolute Gasteiger partial charge is 0.293 e. The van der Waals surface area contributed by atoms with Gasteiger partial charge in [-0.05, 0) is 29.8 Å². The standard InChI is InChI=1S/C14H11ClN2O3/c15-12-3-1-2-10(6-12)8-16-13-5-4-11(9-18)7-14(13)17(19)20/h1-7,9,16H,8H2. The Morgan fingerprint density at radius 1 is 1.25 bits per heavy atom. The zero-order valence-corrected chi connectivity index (χ0v) is 11.1. The molecule has 0 saturated heterocycles. The van der Waals surface area contributed by atoms with E-state index in [4.69, 9.17) is 11.6 Å². The normalized spacial score (nSPS) is 10.1. The van der Waals surface area contributed by atoms with Crippen LogP contribution in [0.4, 0.5) is 11.4 Å². The van der Waals surface area contributed by atoms with Crippen LogP contribution in [-0.4, -0.2) is 11.2 Å². The molecule has 0 radical (unpaired) electrons. The molecule has 0 aliphatic rings. The van der Waals surface area contributed by atoms with E-state index in [0.29, 0.717) is 23.5 Å². The van der Waals surface area contributed by atoms with Gasteiger partial charge in [-0.2, -0.15) is 0 Å². The molecule has 0 amide bonds. The second-order valence-electron chi connectivity index (χ2n) is 4.14. The third kappa shape index (κ3) is 3.33. The van der Waals surface area contributed by atoms with Crippen molar-refractivity contribution in [1.82, 2.24) is 0 Å². The number of aldehydes is 1. The van der Waals surface area contributed by atoms with Gasteiger partial charge in [0.15, 0.2) is 0 Å². The van der Waals surface area contributed by atoms with Gasteiger partial charge < -0.3 is 5.32 Å². The largest absolute Gasteiger partial charge is 0.375 e. The van der Waals surface area contributed by atoms with Gasteiger partial charge in [-0.1, -0.05) is 23.7 Å². The Balaban J connectivity index is 2.20. The van der Waals surface area contributed by atoms with Crippen LogP contribution in [-0.2, 0) is 6.54 Å². The van der Waals surface area contributed by atoms with Crippen molar-refractivity contribution in [2.24, 2.45) is 0 Å². The zero-order chi connectivity index (χ0) is 14.5. The Morgan fingerprint density at radius 2 is 2.05 bits per heavy atom. The first-order valence-corrected chi connectivity index (χ1v) is 6.20. The summed E-state index contributed by atoms with van der Waals surface area (Å²) in [6.45, 7) is 0.405. The number of carbonyl (C=O) groups is 1. The molecular weight excluding hydrogens is 280 g/mol. The van der Waals surface area contributed by atoms with Crippen LogP contribution in [0.15, 0.2) is 42.5 Å². The maximum atomic E-state index is 11.0. The van der Waals surface area contributed by atoms with E-state index in [-0.39, 0.29) is 11.3 Å². The summed E-state index contributed by atoms with van der Waals surface area (Å²) in [7, 11) is 0. The summed E-state index contributed by atoms with van der Waals surface area (Å²) in [6.07, 6.45) is 0.577. The number of hydrogen-bond donors (Lipinski definition) is 1. The van der Waals surface area contributed by atoms with Crippen molar-refractivity contribution < 1.29 is 9.72 Å². The molecule has 2 aromatic rings. The average molecular weight is 291 g/mol. The summed E-state index contributed by atoms with van der Waals surface area (Å²) in [4.78, 5) is 21.1. The second-order valence-corrected chi connectivity index (χ2v) is 4.57. The molecule has 20 heavy (non-hydrogen) atoms. The van der Waals surface area contributed by atoms with E-state index >= 15 is 0 Å². The van der Waals surface area contributed by atoms with Crippen LogP contribution in [0.5, 0.6) is 0 Å². The Labute approximate surface area is 120 Å². The molecule has 0 spiro atoms. The fraction of sp³-hybridized carbons (Fsp3) is 0.0714. The highest BCUT2D eigenvalue weighted by Gasteiger charge is 2.14. The van der Waals surface area contributed by atoms with E-state index in [0.717, 1.165) is 5.56 Å². The van der Waals surface area contributed by atoms with Gasteiger partial charge in [-0.3, -0.25) is 14.9 Å². The lowest BCUT2D eigenvalue weighted by molar-refractivity contribution is -0.384.